The predicted molar refractivity (Wildman–Crippen MR) is 102 cm³/mol. The van der Waals surface area contributed by atoms with Gasteiger partial charge in [-0.25, -0.2) is 14.3 Å². The standard InChI is InChI=1S/C19H16ClF3N4O2/c1-18(8-10(28)9-18)26-15-11-6-7-14(19(21,22)23)24-16(11)27(17(29)25-15)13-5-3-2-4-12(13)20/h2-7,10,28H,8-9H2,1H3,(H,25,26,29). The van der Waals surface area contributed by atoms with Crippen molar-refractivity contribution in [1.82, 2.24) is 14.5 Å². The van der Waals surface area contributed by atoms with Gasteiger partial charge in [-0.3, -0.25) is 0 Å². The average molecular weight is 425 g/mol. The molecule has 2 heterocycles. The summed E-state index contributed by atoms with van der Waals surface area (Å²) < 4.78 is 40.8. The van der Waals surface area contributed by atoms with E-state index in [1.54, 1.807) is 12.1 Å². The van der Waals surface area contributed by atoms with Crippen LogP contribution in [-0.2, 0) is 6.18 Å². The van der Waals surface area contributed by atoms with Crippen molar-refractivity contribution in [3.63, 3.8) is 0 Å². The van der Waals surface area contributed by atoms with Crippen molar-refractivity contribution in [2.24, 2.45) is 0 Å². The van der Waals surface area contributed by atoms with Crippen LogP contribution in [0.25, 0.3) is 16.7 Å². The molecule has 0 bridgehead atoms. The molecule has 1 aromatic carbocycles. The number of pyridine rings is 1. The molecule has 0 aliphatic heterocycles. The molecule has 3 aromatic rings. The highest BCUT2D eigenvalue weighted by atomic mass is 35.5. The summed E-state index contributed by atoms with van der Waals surface area (Å²) in [5, 5.41) is 13.1. The van der Waals surface area contributed by atoms with Crippen LogP contribution in [0.5, 0.6) is 0 Å². The molecule has 10 heteroatoms. The molecule has 0 saturated heterocycles. The van der Waals surface area contributed by atoms with E-state index >= 15 is 0 Å². The zero-order valence-corrected chi connectivity index (χ0v) is 15.9. The van der Waals surface area contributed by atoms with Crippen LogP contribution >= 0.6 is 11.6 Å². The SMILES string of the molecule is CC1(Nc2nc(=O)n(-c3ccccc3Cl)c3nc(C(F)(F)F)ccc23)CC(O)C1. The van der Waals surface area contributed by atoms with Crippen molar-refractivity contribution >= 4 is 28.5 Å². The highest BCUT2D eigenvalue weighted by Gasteiger charge is 2.40. The van der Waals surface area contributed by atoms with Crippen molar-refractivity contribution in [2.45, 2.75) is 37.6 Å². The Morgan fingerprint density at radius 3 is 2.52 bits per heavy atom. The molecule has 0 radical (unpaired) electrons. The number of rotatable bonds is 3. The van der Waals surface area contributed by atoms with Crippen LogP contribution in [-0.4, -0.2) is 31.3 Å². The van der Waals surface area contributed by atoms with Crippen LogP contribution < -0.4 is 11.0 Å². The number of fused-ring (bicyclic) bond motifs is 1. The number of benzene rings is 1. The van der Waals surface area contributed by atoms with E-state index in [0.717, 1.165) is 10.6 Å². The molecular formula is C19H16ClF3N4O2. The van der Waals surface area contributed by atoms with Crippen molar-refractivity contribution in [2.75, 3.05) is 5.32 Å². The van der Waals surface area contributed by atoms with Crippen molar-refractivity contribution in [3.8, 4) is 5.69 Å². The monoisotopic (exact) mass is 424 g/mol. The van der Waals surface area contributed by atoms with E-state index in [9.17, 15) is 23.1 Å². The van der Waals surface area contributed by atoms with Gasteiger partial charge < -0.3 is 10.4 Å². The molecule has 2 N–H and O–H groups in total. The van der Waals surface area contributed by atoms with Crippen LogP contribution in [0, 0.1) is 0 Å². The number of alkyl halides is 3. The number of halogens is 4. The maximum atomic E-state index is 13.3. The van der Waals surface area contributed by atoms with Crippen LogP contribution in [0.2, 0.25) is 5.02 Å². The minimum atomic E-state index is -4.68. The first-order valence-electron chi connectivity index (χ1n) is 8.80. The topological polar surface area (TPSA) is 80.0 Å². The summed E-state index contributed by atoms with van der Waals surface area (Å²) in [6.45, 7) is 1.84. The Kier molecular flexibility index (Phi) is 4.54. The van der Waals surface area contributed by atoms with Crippen molar-refractivity contribution in [1.29, 1.82) is 0 Å². The van der Waals surface area contributed by atoms with Gasteiger partial charge in [0.1, 0.15) is 11.5 Å². The number of aliphatic hydroxyl groups is 1. The first-order chi connectivity index (χ1) is 13.6. The predicted octanol–water partition coefficient (Wildman–Crippen LogP) is 3.78. The van der Waals surface area contributed by atoms with E-state index in [0.29, 0.717) is 12.8 Å². The number of anilines is 1. The number of hydrogen-bond acceptors (Lipinski definition) is 5. The molecule has 29 heavy (non-hydrogen) atoms. The third-order valence-electron chi connectivity index (χ3n) is 4.92. The van der Waals surface area contributed by atoms with Gasteiger partial charge in [0.25, 0.3) is 0 Å². The lowest BCUT2D eigenvalue weighted by Crippen LogP contribution is -2.51. The minimum absolute atomic E-state index is 0.115. The number of hydrogen-bond donors (Lipinski definition) is 2. The highest BCUT2D eigenvalue weighted by molar-refractivity contribution is 6.32. The highest BCUT2D eigenvalue weighted by Crippen LogP contribution is 2.37. The second-order valence-electron chi connectivity index (χ2n) is 7.34. The summed E-state index contributed by atoms with van der Waals surface area (Å²) in [5.41, 5.74) is -2.50. The third kappa shape index (κ3) is 3.56. The third-order valence-corrected chi connectivity index (χ3v) is 5.24. The van der Waals surface area contributed by atoms with Crippen molar-refractivity contribution < 1.29 is 18.3 Å². The molecule has 1 fully saturated rings. The quantitative estimate of drug-likeness (QED) is 0.669. The molecule has 0 amide bonds. The van der Waals surface area contributed by atoms with Gasteiger partial charge >= 0.3 is 11.9 Å². The Morgan fingerprint density at radius 1 is 1.21 bits per heavy atom. The largest absolute Gasteiger partial charge is 0.433 e. The molecule has 4 rings (SSSR count). The van der Waals surface area contributed by atoms with Gasteiger partial charge in [-0.1, -0.05) is 23.7 Å². The molecular weight excluding hydrogens is 409 g/mol. The molecule has 0 unspecified atom stereocenters. The Hall–Kier alpha value is -2.65. The van der Waals surface area contributed by atoms with Gasteiger partial charge in [0.2, 0.25) is 0 Å². The fourth-order valence-electron chi connectivity index (χ4n) is 3.57. The fourth-order valence-corrected chi connectivity index (χ4v) is 3.79. The Balaban J connectivity index is 1.98. The smallest absolute Gasteiger partial charge is 0.393 e. The summed E-state index contributed by atoms with van der Waals surface area (Å²) in [4.78, 5) is 20.6. The van der Waals surface area contributed by atoms with E-state index in [-0.39, 0.29) is 27.6 Å². The molecule has 1 aliphatic rings. The molecule has 1 saturated carbocycles. The summed E-state index contributed by atoms with van der Waals surface area (Å²) >= 11 is 6.17. The van der Waals surface area contributed by atoms with Crippen molar-refractivity contribution in [3.05, 3.63) is 57.6 Å². The van der Waals surface area contributed by atoms with Crippen LogP contribution in [0.4, 0.5) is 19.0 Å². The first-order valence-corrected chi connectivity index (χ1v) is 9.17. The number of aromatic nitrogens is 3. The lowest BCUT2D eigenvalue weighted by Gasteiger charge is -2.43. The van der Waals surface area contributed by atoms with E-state index in [4.69, 9.17) is 11.6 Å². The summed E-state index contributed by atoms with van der Waals surface area (Å²) in [6, 6.07) is 8.34. The molecule has 0 spiro atoms. The average Bonchev–Trinajstić information content (AvgIpc) is 2.60. The first kappa shape index (κ1) is 19.7. The van der Waals surface area contributed by atoms with Gasteiger partial charge in [0.05, 0.1) is 22.2 Å². The Labute approximate surface area is 168 Å². The Bertz CT molecular complexity index is 1160. The van der Waals surface area contributed by atoms with Crippen LogP contribution in [0.3, 0.4) is 0 Å². The number of nitrogens with zero attached hydrogens (tertiary/aromatic N) is 3. The molecule has 2 aromatic heterocycles. The fraction of sp³-hybridized carbons (Fsp3) is 0.316. The lowest BCUT2D eigenvalue weighted by atomic mass is 9.76. The second kappa shape index (κ2) is 6.70. The molecule has 0 atom stereocenters. The summed E-state index contributed by atoms with van der Waals surface area (Å²) in [7, 11) is 0. The van der Waals surface area contributed by atoms with Crippen LogP contribution in [0.15, 0.2) is 41.2 Å². The van der Waals surface area contributed by atoms with Gasteiger partial charge in [-0.15, -0.1) is 0 Å². The summed E-state index contributed by atoms with van der Waals surface area (Å²) in [6.07, 6.45) is -4.30. The molecule has 1 aliphatic carbocycles. The Morgan fingerprint density at radius 2 is 1.90 bits per heavy atom. The van der Waals surface area contributed by atoms with Gasteiger partial charge in [0.15, 0.2) is 5.65 Å². The zero-order valence-electron chi connectivity index (χ0n) is 15.2. The normalized spacial score (nSPS) is 21.8. The molecule has 152 valence electrons. The van der Waals surface area contributed by atoms with E-state index in [1.807, 2.05) is 6.92 Å². The van der Waals surface area contributed by atoms with E-state index in [2.05, 4.69) is 15.3 Å². The zero-order chi connectivity index (χ0) is 21.0. The minimum Gasteiger partial charge on any atom is -0.393 e. The number of para-hydroxylation sites is 1. The van der Waals surface area contributed by atoms with Gasteiger partial charge in [0, 0.05) is 5.54 Å². The van der Waals surface area contributed by atoms with Crippen LogP contribution in [0.1, 0.15) is 25.5 Å². The maximum absolute atomic E-state index is 13.3. The lowest BCUT2D eigenvalue weighted by molar-refractivity contribution is -0.141. The number of nitrogens with one attached hydrogen (secondary N) is 1. The van der Waals surface area contributed by atoms with Gasteiger partial charge in [-0.05, 0) is 44.0 Å². The van der Waals surface area contributed by atoms with Gasteiger partial charge in [-0.2, -0.15) is 18.2 Å². The van der Waals surface area contributed by atoms with E-state index in [1.165, 1.54) is 18.2 Å². The molecule has 6 nitrogen and oxygen atoms in total. The number of aliphatic hydroxyl groups excluding tert-OH is 1. The summed E-state index contributed by atoms with van der Waals surface area (Å²) in [5.74, 6) is 0.115. The second-order valence-corrected chi connectivity index (χ2v) is 7.75. The van der Waals surface area contributed by atoms with E-state index < -0.39 is 29.2 Å². The maximum Gasteiger partial charge on any atom is 0.433 e.